The van der Waals surface area contributed by atoms with E-state index in [4.69, 9.17) is 51.1 Å². The van der Waals surface area contributed by atoms with Gasteiger partial charge in [-0.05, 0) is 60.2 Å². The van der Waals surface area contributed by atoms with Crippen LogP contribution < -0.4 is 15.4 Å². The average Bonchev–Trinajstić information content (AvgIpc) is 3.36. The second kappa shape index (κ2) is 9.62. The summed E-state index contributed by atoms with van der Waals surface area (Å²) in [5, 5.41) is 6.21. The first kappa shape index (κ1) is 24.6. The van der Waals surface area contributed by atoms with E-state index in [9.17, 15) is 14.0 Å². The molecule has 0 aliphatic heterocycles. The van der Waals surface area contributed by atoms with E-state index in [1.165, 1.54) is 37.4 Å². The number of methoxy groups -OCH3 is 1. The number of benzene rings is 3. The van der Waals surface area contributed by atoms with Gasteiger partial charge in [-0.3, -0.25) is 9.59 Å². The standard InChI is InChI=1S/C24H17Cl4FN2O3/c1-34-21-17(22(32)30-16-7-5-15(29)6-8-16)3-2-4-18(21)31-23(33)20-19(24(20,27)28)12-9-13(25)11-14(26)10-12/h2-11,19-20H,1H3,(H,30,32)(H,31,33). The van der Waals surface area contributed by atoms with Crippen molar-refractivity contribution >= 4 is 69.6 Å². The van der Waals surface area contributed by atoms with Crippen LogP contribution in [0.3, 0.4) is 0 Å². The fourth-order valence-corrected chi connectivity index (χ4v) is 5.17. The Hall–Kier alpha value is -2.51. The van der Waals surface area contributed by atoms with Crippen LogP contribution in [-0.2, 0) is 4.79 Å². The number of rotatable bonds is 6. The van der Waals surface area contributed by atoms with Crippen LogP contribution in [-0.4, -0.2) is 23.3 Å². The van der Waals surface area contributed by atoms with E-state index < -0.39 is 33.8 Å². The highest BCUT2D eigenvalue weighted by Crippen LogP contribution is 2.65. The summed E-state index contributed by atoms with van der Waals surface area (Å²) in [5.41, 5.74) is 1.47. The molecular formula is C24H17Cl4FN2O3. The Morgan fingerprint density at radius 2 is 1.62 bits per heavy atom. The van der Waals surface area contributed by atoms with Crippen molar-refractivity contribution in [3.05, 3.63) is 87.7 Å². The molecule has 2 N–H and O–H groups in total. The first-order chi connectivity index (χ1) is 16.1. The molecule has 0 spiro atoms. The van der Waals surface area contributed by atoms with Gasteiger partial charge in [0, 0.05) is 21.7 Å². The van der Waals surface area contributed by atoms with Crippen molar-refractivity contribution in [3.8, 4) is 5.75 Å². The summed E-state index contributed by atoms with van der Waals surface area (Å²) in [5.74, 6) is -2.54. The van der Waals surface area contributed by atoms with Crippen LogP contribution in [0.4, 0.5) is 15.8 Å². The number of amides is 2. The van der Waals surface area contributed by atoms with E-state index in [0.29, 0.717) is 21.3 Å². The van der Waals surface area contributed by atoms with Crippen molar-refractivity contribution in [2.24, 2.45) is 5.92 Å². The molecule has 2 atom stereocenters. The van der Waals surface area contributed by atoms with Crippen molar-refractivity contribution in [2.45, 2.75) is 10.3 Å². The second-order valence-corrected chi connectivity index (χ2v) is 9.99. The Morgan fingerprint density at radius 3 is 2.24 bits per heavy atom. The fraction of sp³-hybridized carbons (Fsp3) is 0.167. The summed E-state index contributed by atoms with van der Waals surface area (Å²) in [6, 6.07) is 14.9. The molecule has 5 nitrogen and oxygen atoms in total. The number of alkyl halides is 2. The molecule has 1 saturated carbocycles. The van der Waals surface area contributed by atoms with Gasteiger partial charge in [0.2, 0.25) is 5.91 Å². The van der Waals surface area contributed by atoms with E-state index in [0.717, 1.165) is 0 Å². The summed E-state index contributed by atoms with van der Waals surface area (Å²) in [4.78, 5) is 25.9. The monoisotopic (exact) mass is 540 g/mol. The largest absolute Gasteiger partial charge is 0.494 e. The molecule has 1 fully saturated rings. The van der Waals surface area contributed by atoms with Gasteiger partial charge < -0.3 is 15.4 Å². The normalized spacial score (nSPS) is 18.2. The highest BCUT2D eigenvalue weighted by atomic mass is 35.5. The molecule has 3 aromatic rings. The zero-order valence-corrected chi connectivity index (χ0v) is 20.6. The molecule has 0 bridgehead atoms. The molecule has 10 heteroatoms. The van der Waals surface area contributed by atoms with E-state index in [2.05, 4.69) is 10.6 Å². The quantitative estimate of drug-likeness (QED) is 0.333. The van der Waals surface area contributed by atoms with Gasteiger partial charge >= 0.3 is 0 Å². The molecule has 0 radical (unpaired) electrons. The number of carbonyl (C=O) groups is 2. The Balaban J connectivity index is 1.55. The van der Waals surface area contributed by atoms with Gasteiger partial charge in [-0.1, -0.05) is 29.3 Å². The zero-order valence-electron chi connectivity index (χ0n) is 17.5. The molecule has 2 unspecified atom stereocenters. The van der Waals surface area contributed by atoms with Gasteiger partial charge in [-0.15, -0.1) is 23.2 Å². The van der Waals surface area contributed by atoms with Gasteiger partial charge in [-0.2, -0.15) is 0 Å². The topological polar surface area (TPSA) is 67.4 Å². The van der Waals surface area contributed by atoms with Crippen LogP contribution in [0.15, 0.2) is 60.7 Å². The minimum Gasteiger partial charge on any atom is -0.494 e. The Bertz CT molecular complexity index is 1250. The van der Waals surface area contributed by atoms with Crippen LogP contribution >= 0.6 is 46.4 Å². The molecule has 34 heavy (non-hydrogen) atoms. The highest BCUT2D eigenvalue weighted by Gasteiger charge is 2.67. The maximum atomic E-state index is 13.1. The van der Waals surface area contributed by atoms with Crippen LogP contribution in [0.5, 0.6) is 5.75 Å². The molecule has 0 aromatic heterocycles. The van der Waals surface area contributed by atoms with Crippen molar-refractivity contribution in [1.82, 2.24) is 0 Å². The summed E-state index contributed by atoms with van der Waals surface area (Å²) in [6.07, 6.45) is 0. The van der Waals surface area contributed by atoms with Gasteiger partial charge in [0.15, 0.2) is 5.75 Å². The number of hydrogen-bond acceptors (Lipinski definition) is 3. The molecule has 3 aromatic carbocycles. The molecule has 1 aliphatic carbocycles. The summed E-state index contributed by atoms with van der Waals surface area (Å²) >= 11 is 25.0. The van der Waals surface area contributed by atoms with Crippen molar-refractivity contribution < 1.29 is 18.7 Å². The smallest absolute Gasteiger partial charge is 0.259 e. The number of nitrogens with one attached hydrogen (secondary N) is 2. The minimum absolute atomic E-state index is 0.146. The van der Waals surface area contributed by atoms with Crippen LogP contribution in [0.25, 0.3) is 0 Å². The van der Waals surface area contributed by atoms with E-state index in [1.54, 1.807) is 30.3 Å². The Labute approximate surface area is 215 Å². The van der Waals surface area contributed by atoms with Crippen LogP contribution in [0.1, 0.15) is 21.8 Å². The molecule has 0 heterocycles. The lowest BCUT2D eigenvalue weighted by atomic mass is 10.1. The van der Waals surface area contributed by atoms with Gasteiger partial charge in [0.05, 0.1) is 24.3 Å². The van der Waals surface area contributed by atoms with Crippen LogP contribution in [0.2, 0.25) is 10.0 Å². The molecular weight excluding hydrogens is 525 g/mol. The fourth-order valence-electron chi connectivity index (χ4n) is 3.80. The van der Waals surface area contributed by atoms with Crippen molar-refractivity contribution in [2.75, 3.05) is 17.7 Å². The Morgan fingerprint density at radius 1 is 0.971 bits per heavy atom. The number of halogens is 5. The highest BCUT2D eigenvalue weighted by molar-refractivity contribution is 6.53. The van der Waals surface area contributed by atoms with Crippen LogP contribution in [0, 0.1) is 11.7 Å². The zero-order chi connectivity index (χ0) is 24.6. The molecule has 4 rings (SSSR count). The number of carbonyl (C=O) groups excluding carboxylic acids is 2. The third-order valence-electron chi connectivity index (χ3n) is 5.40. The third-order valence-corrected chi connectivity index (χ3v) is 6.78. The molecule has 1 aliphatic rings. The first-order valence-electron chi connectivity index (χ1n) is 10.0. The molecule has 0 saturated heterocycles. The second-order valence-electron chi connectivity index (χ2n) is 7.67. The maximum Gasteiger partial charge on any atom is 0.259 e. The lowest BCUT2D eigenvalue weighted by molar-refractivity contribution is -0.117. The molecule has 176 valence electrons. The minimum atomic E-state index is -1.36. The van der Waals surface area contributed by atoms with Crippen molar-refractivity contribution in [3.63, 3.8) is 0 Å². The summed E-state index contributed by atoms with van der Waals surface area (Å²) in [7, 11) is 1.38. The maximum absolute atomic E-state index is 13.1. The average molecular weight is 542 g/mol. The lowest BCUT2D eigenvalue weighted by Gasteiger charge is -2.14. The van der Waals surface area contributed by atoms with Gasteiger partial charge in [0.1, 0.15) is 10.2 Å². The first-order valence-corrected chi connectivity index (χ1v) is 11.5. The number of ether oxygens (including phenoxy) is 1. The lowest BCUT2D eigenvalue weighted by Crippen LogP contribution is -2.19. The van der Waals surface area contributed by atoms with Gasteiger partial charge in [0.25, 0.3) is 5.91 Å². The number of hydrogen-bond donors (Lipinski definition) is 2. The number of para-hydroxylation sites is 1. The van der Waals surface area contributed by atoms with Gasteiger partial charge in [-0.25, -0.2) is 4.39 Å². The number of anilines is 2. The van der Waals surface area contributed by atoms with E-state index >= 15 is 0 Å². The SMILES string of the molecule is COc1c(NC(=O)C2C(c3cc(Cl)cc(Cl)c3)C2(Cl)Cl)cccc1C(=O)Nc1ccc(F)cc1. The predicted octanol–water partition coefficient (Wildman–Crippen LogP) is 6.92. The molecule has 2 amide bonds. The third kappa shape index (κ3) is 4.96. The Kier molecular flexibility index (Phi) is 6.97. The predicted molar refractivity (Wildman–Crippen MR) is 133 cm³/mol. The summed E-state index contributed by atoms with van der Waals surface area (Å²) in [6.45, 7) is 0. The summed E-state index contributed by atoms with van der Waals surface area (Å²) < 4.78 is 17.2. The van der Waals surface area contributed by atoms with Crippen molar-refractivity contribution in [1.29, 1.82) is 0 Å². The van der Waals surface area contributed by atoms with E-state index in [-0.39, 0.29) is 17.0 Å². The van der Waals surface area contributed by atoms with E-state index in [1.807, 2.05) is 0 Å².